The fourth-order valence-electron chi connectivity index (χ4n) is 2.21. The van der Waals surface area contributed by atoms with Gasteiger partial charge in [0.2, 0.25) is 5.95 Å². The van der Waals surface area contributed by atoms with Gasteiger partial charge in [-0.15, -0.1) is 0 Å². The topological polar surface area (TPSA) is 46.9 Å². The van der Waals surface area contributed by atoms with Crippen molar-refractivity contribution in [3.05, 3.63) is 51.4 Å². The normalized spacial score (nSPS) is 12.3. The van der Waals surface area contributed by atoms with Crippen LogP contribution in [0.5, 0.6) is 0 Å². The third-order valence-corrected chi connectivity index (χ3v) is 3.35. The Morgan fingerprint density at radius 1 is 1.08 bits per heavy atom. The molecule has 0 aliphatic heterocycles. The number of nitrogens with zero attached hydrogens (tertiary/aromatic N) is 2. The van der Waals surface area contributed by atoms with Crippen LogP contribution in [0.2, 0.25) is 0 Å². The molecular weight excluding hydrogens is 352 g/mol. The van der Waals surface area contributed by atoms with E-state index in [4.69, 9.17) is 0 Å². The van der Waals surface area contributed by atoms with Crippen molar-refractivity contribution < 1.29 is 26.3 Å². The number of rotatable bonds is 3. The Morgan fingerprint density at radius 3 is 2.24 bits per heavy atom. The third-order valence-electron chi connectivity index (χ3n) is 3.35. The fourth-order valence-corrected chi connectivity index (χ4v) is 2.21. The van der Waals surface area contributed by atoms with Crippen molar-refractivity contribution in [1.29, 1.82) is 0 Å². The maximum atomic E-state index is 13.2. The molecule has 0 aliphatic rings. The summed E-state index contributed by atoms with van der Waals surface area (Å²) in [6.07, 6.45) is -9.93. The molecule has 0 fully saturated rings. The molecule has 0 radical (unpaired) electrons. The van der Waals surface area contributed by atoms with E-state index in [2.05, 4.69) is 10.3 Å². The summed E-state index contributed by atoms with van der Waals surface area (Å²) in [7, 11) is 0. The number of hydrogen-bond acceptors (Lipinski definition) is 3. The maximum absolute atomic E-state index is 13.2. The minimum Gasteiger partial charge on any atom is -0.325 e. The van der Waals surface area contributed by atoms with Gasteiger partial charge in [0, 0.05) is 18.3 Å². The highest BCUT2D eigenvalue weighted by Gasteiger charge is 2.38. The van der Waals surface area contributed by atoms with Crippen molar-refractivity contribution in [2.75, 3.05) is 5.32 Å². The van der Waals surface area contributed by atoms with Gasteiger partial charge in [-0.2, -0.15) is 26.3 Å². The summed E-state index contributed by atoms with van der Waals surface area (Å²) in [6.45, 7) is 3.18. The lowest BCUT2D eigenvalue weighted by atomic mass is 10.1. The van der Waals surface area contributed by atoms with Gasteiger partial charge in [-0.3, -0.25) is 9.36 Å². The Kier molecular flexibility index (Phi) is 4.83. The van der Waals surface area contributed by atoms with Gasteiger partial charge in [-0.1, -0.05) is 0 Å². The van der Waals surface area contributed by atoms with Gasteiger partial charge in [0.05, 0.1) is 16.8 Å². The van der Waals surface area contributed by atoms with Crippen molar-refractivity contribution in [1.82, 2.24) is 9.55 Å². The highest BCUT2D eigenvalue weighted by molar-refractivity contribution is 5.61. The van der Waals surface area contributed by atoms with E-state index < -0.39 is 34.7 Å². The van der Waals surface area contributed by atoms with E-state index in [-0.39, 0.29) is 24.3 Å². The second-order valence-electron chi connectivity index (χ2n) is 5.18. The monoisotopic (exact) mass is 365 g/mol. The minimum absolute atomic E-state index is 0.0204. The summed E-state index contributed by atoms with van der Waals surface area (Å²) in [5.41, 5.74) is -3.77. The summed E-state index contributed by atoms with van der Waals surface area (Å²) >= 11 is 0. The zero-order chi connectivity index (χ0) is 19.0. The molecule has 0 atom stereocenters. The molecule has 0 amide bonds. The molecule has 0 bridgehead atoms. The quantitative estimate of drug-likeness (QED) is 0.823. The number of aromatic nitrogens is 2. The van der Waals surface area contributed by atoms with Crippen LogP contribution in [0, 0.1) is 6.92 Å². The van der Waals surface area contributed by atoms with E-state index >= 15 is 0 Å². The van der Waals surface area contributed by atoms with Gasteiger partial charge in [-0.25, -0.2) is 4.98 Å². The zero-order valence-electron chi connectivity index (χ0n) is 13.1. The summed E-state index contributed by atoms with van der Waals surface area (Å²) in [4.78, 5) is 15.8. The Balaban J connectivity index is 2.59. The van der Waals surface area contributed by atoms with Crippen LogP contribution in [0.3, 0.4) is 0 Å². The number of nitrogens with one attached hydrogen (secondary N) is 1. The van der Waals surface area contributed by atoms with Crippen LogP contribution in [-0.4, -0.2) is 9.55 Å². The van der Waals surface area contributed by atoms with Gasteiger partial charge >= 0.3 is 12.4 Å². The number of benzene rings is 1. The molecule has 2 aromatic rings. The Hall–Kier alpha value is -2.52. The first-order valence-corrected chi connectivity index (χ1v) is 7.07. The molecule has 1 N–H and O–H groups in total. The van der Waals surface area contributed by atoms with Crippen LogP contribution in [-0.2, 0) is 18.9 Å². The van der Waals surface area contributed by atoms with Crippen LogP contribution in [0.4, 0.5) is 38.0 Å². The van der Waals surface area contributed by atoms with Crippen molar-refractivity contribution >= 4 is 11.6 Å². The zero-order valence-corrected chi connectivity index (χ0v) is 13.1. The van der Waals surface area contributed by atoms with Gasteiger partial charge in [-0.05, 0) is 32.0 Å². The average Bonchev–Trinajstić information content (AvgIpc) is 2.45. The lowest BCUT2D eigenvalue weighted by Crippen LogP contribution is -2.23. The van der Waals surface area contributed by atoms with Gasteiger partial charge in [0.15, 0.2) is 0 Å². The second kappa shape index (κ2) is 6.41. The molecule has 0 aliphatic carbocycles. The molecule has 0 spiro atoms. The summed E-state index contributed by atoms with van der Waals surface area (Å²) in [5, 5.41) is 2.32. The van der Waals surface area contributed by atoms with E-state index in [0.717, 1.165) is 4.57 Å². The first kappa shape index (κ1) is 18.8. The molecule has 25 heavy (non-hydrogen) atoms. The lowest BCUT2D eigenvalue weighted by molar-refractivity contribution is -0.142. The molecule has 1 aromatic carbocycles. The molecule has 0 saturated carbocycles. The highest BCUT2D eigenvalue weighted by Crippen LogP contribution is 2.40. The van der Waals surface area contributed by atoms with Gasteiger partial charge in [0.1, 0.15) is 0 Å². The van der Waals surface area contributed by atoms with Crippen molar-refractivity contribution in [3.63, 3.8) is 0 Å². The van der Waals surface area contributed by atoms with E-state index in [0.29, 0.717) is 12.1 Å². The van der Waals surface area contributed by atoms with E-state index in [1.165, 1.54) is 13.0 Å². The molecule has 2 rings (SSSR count). The van der Waals surface area contributed by atoms with Crippen molar-refractivity contribution in [3.8, 4) is 0 Å². The molecule has 1 heterocycles. The van der Waals surface area contributed by atoms with Crippen LogP contribution < -0.4 is 10.9 Å². The molecule has 0 unspecified atom stereocenters. The molecule has 10 heteroatoms. The smallest absolute Gasteiger partial charge is 0.325 e. The van der Waals surface area contributed by atoms with Crippen molar-refractivity contribution in [2.45, 2.75) is 32.7 Å². The first-order chi connectivity index (χ1) is 11.4. The predicted molar refractivity (Wildman–Crippen MR) is 78.6 cm³/mol. The summed E-state index contributed by atoms with van der Waals surface area (Å²) in [5.74, 6) is -0.183. The number of aryl methyl sites for hydroxylation is 1. The molecule has 1 aromatic heterocycles. The van der Waals surface area contributed by atoms with Crippen LogP contribution >= 0.6 is 0 Å². The maximum Gasteiger partial charge on any atom is 0.418 e. The Bertz CT molecular complexity index is 839. The van der Waals surface area contributed by atoms with Crippen molar-refractivity contribution in [2.24, 2.45) is 0 Å². The molecule has 4 nitrogen and oxygen atoms in total. The summed E-state index contributed by atoms with van der Waals surface area (Å²) < 4.78 is 78.6. The molecule has 136 valence electrons. The lowest BCUT2D eigenvalue weighted by Gasteiger charge is -2.18. The largest absolute Gasteiger partial charge is 0.418 e. The highest BCUT2D eigenvalue weighted by atomic mass is 19.4. The predicted octanol–water partition coefficient (Wildman–Crippen LogP) is 4.35. The minimum atomic E-state index is -5.02. The van der Waals surface area contributed by atoms with Gasteiger partial charge in [0.25, 0.3) is 5.56 Å². The van der Waals surface area contributed by atoms with E-state index in [1.54, 1.807) is 6.92 Å². The van der Waals surface area contributed by atoms with Gasteiger partial charge < -0.3 is 5.32 Å². The standard InChI is InChI=1S/C15H13F6N3O/c1-3-24-12(25)6-8(2)22-13(24)23-11-5-4-9(14(16,17)18)7-10(11)15(19,20)21/h4-7H,3H2,1-2H3,(H,22,23). The first-order valence-electron chi connectivity index (χ1n) is 7.07. The average molecular weight is 365 g/mol. The fraction of sp³-hybridized carbons (Fsp3) is 0.333. The van der Waals surface area contributed by atoms with Crippen LogP contribution in [0.25, 0.3) is 0 Å². The second-order valence-corrected chi connectivity index (χ2v) is 5.18. The Labute approximate surface area is 138 Å². The number of halogens is 6. The molecular formula is C15H13F6N3O. The Morgan fingerprint density at radius 2 is 1.72 bits per heavy atom. The third kappa shape index (κ3) is 4.12. The number of hydrogen-bond donors (Lipinski definition) is 1. The SMILES string of the molecule is CCn1c(Nc2ccc(C(F)(F)F)cc2C(F)(F)F)nc(C)cc1=O. The summed E-state index contributed by atoms with van der Waals surface area (Å²) in [6, 6.07) is 2.42. The van der Waals surface area contributed by atoms with E-state index in [9.17, 15) is 31.1 Å². The van der Waals surface area contributed by atoms with E-state index in [1.807, 2.05) is 0 Å². The van der Waals surface area contributed by atoms with Crippen LogP contribution in [0.15, 0.2) is 29.1 Å². The number of anilines is 2. The molecule has 0 saturated heterocycles. The van der Waals surface area contributed by atoms with Crippen LogP contribution in [0.1, 0.15) is 23.7 Å². The number of alkyl halides is 6.